The first kappa shape index (κ1) is 14.2. The predicted octanol–water partition coefficient (Wildman–Crippen LogP) is 3.63. The molecule has 0 N–H and O–H groups in total. The Balaban J connectivity index is 2.11. The second kappa shape index (κ2) is 5.85. The van der Waals surface area contributed by atoms with Gasteiger partial charge in [0.25, 0.3) is 5.88 Å². The van der Waals surface area contributed by atoms with Crippen molar-refractivity contribution in [3.8, 4) is 5.88 Å². The average molecular weight is 325 g/mol. The first-order valence-corrected chi connectivity index (χ1v) is 6.64. The highest BCUT2D eigenvalue weighted by atomic mass is 35.5. The molecule has 0 aliphatic rings. The zero-order chi connectivity index (χ0) is 14.0. The fraction of sp³-hybridized carbons (Fsp3) is 0.300. The van der Waals surface area contributed by atoms with Crippen LogP contribution in [0.1, 0.15) is 6.92 Å². The lowest BCUT2D eigenvalue weighted by atomic mass is 10.4. The standard InChI is InChI=1S/C10H7Cl2FN2O3S/c1-4(18-10(12)16)3-17-7-5(13)2-6-8(15-7)19-9(11)14-6/h2,4H,3H2,1H3/t4-/m1/s1. The Morgan fingerprint density at radius 3 is 3.00 bits per heavy atom. The molecular formula is C10H7Cl2FN2O3S. The number of halogens is 3. The van der Waals surface area contributed by atoms with Crippen LogP contribution in [0.2, 0.25) is 4.47 Å². The summed E-state index contributed by atoms with van der Waals surface area (Å²) in [5.41, 5.74) is -0.589. The van der Waals surface area contributed by atoms with E-state index in [2.05, 4.69) is 14.7 Å². The van der Waals surface area contributed by atoms with Crippen LogP contribution in [0.25, 0.3) is 10.3 Å². The van der Waals surface area contributed by atoms with Gasteiger partial charge in [0.05, 0.1) is 0 Å². The number of hydrogen-bond donors (Lipinski definition) is 0. The minimum Gasteiger partial charge on any atom is -0.472 e. The number of aromatic nitrogens is 2. The molecule has 0 saturated carbocycles. The molecule has 2 aromatic heterocycles. The Hall–Kier alpha value is -1.18. The lowest BCUT2D eigenvalue weighted by Gasteiger charge is -2.11. The molecule has 0 spiro atoms. The second-order valence-corrected chi connectivity index (χ2v) is 5.41. The molecule has 0 bridgehead atoms. The van der Waals surface area contributed by atoms with Gasteiger partial charge in [0.1, 0.15) is 23.1 Å². The quantitative estimate of drug-likeness (QED) is 0.804. The summed E-state index contributed by atoms with van der Waals surface area (Å²) in [6.07, 6.45) is -0.619. The van der Waals surface area contributed by atoms with E-state index in [1.165, 1.54) is 6.07 Å². The van der Waals surface area contributed by atoms with Gasteiger partial charge in [-0.05, 0) is 6.92 Å². The smallest absolute Gasteiger partial charge is 0.404 e. The molecule has 0 radical (unpaired) electrons. The van der Waals surface area contributed by atoms with Crippen LogP contribution in [0.3, 0.4) is 0 Å². The van der Waals surface area contributed by atoms with E-state index in [1.54, 1.807) is 6.92 Å². The van der Waals surface area contributed by atoms with Gasteiger partial charge >= 0.3 is 5.43 Å². The monoisotopic (exact) mass is 324 g/mol. The number of pyridine rings is 1. The number of thiazole rings is 1. The van der Waals surface area contributed by atoms with E-state index in [1.807, 2.05) is 0 Å². The maximum Gasteiger partial charge on any atom is 0.404 e. The summed E-state index contributed by atoms with van der Waals surface area (Å²) in [6.45, 7) is 1.49. The Morgan fingerprint density at radius 1 is 1.58 bits per heavy atom. The first-order chi connectivity index (χ1) is 8.95. The summed E-state index contributed by atoms with van der Waals surface area (Å²) in [5.74, 6) is -0.871. The van der Waals surface area contributed by atoms with Crippen LogP contribution in [0.15, 0.2) is 6.07 Å². The van der Waals surface area contributed by atoms with Crippen LogP contribution < -0.4 is 4.74 Å². The molecule has 9 heteroatoms. The number of rotatable bonds is 4. The summed E-state index contributed by atoms with van der Waals surface area (Å²) in [7, 11) is 0. The summed E-state index contributed by atoms with van der Waals surface area (Å²) in [5, 5.41) is 0. The fourth-order valence-electron chi connectivity index (χ4n) is 1.29. The molecule has 0 fully saturated rings. The van der Waals surface area contributed by atoms with Gasteiger partial charge in [-0.3, -0.25) is 0 Å². The van der Waals surface area contributed by atoms with Gasteiger partial charge in [-0.15, -0.1) is 0 Å². The molecular weight excluding hydrogens is 318 g/mol. The van der Waals surface area contributed by atoms with Gasteiger partial charge < -0.3 is 9.47 Å². The average Bonchev–Trinajstić information content (AvgIpc) is 2.64. The maximum atomic E-state index is 13.6. The number of carbonyl (C=O) groups excluding carboxylic acids is 1. The van der Waals surface area contributed by atoms with Gasteiger partial charge in [-0.1, -0.05) is 22.9 Å². The third-order valence-corrected chi connectivity index (χ3v) is 3.19. The van der Waals surface area contributed by atoms with E-state index in [9.17, 15) is 9.18 Å². The molecule has 0 aromatic carbocycles. The van der Waals surface area contributed by atoms with Crippen molar-refractivity contribution in [1.82, 2.24) is 9.97 Å². The van der Waals surface area contributed by atoms with Crippen molar-refractivity contribution in [1.29, 1.82) is 0 Å². The lowest BCUT2D eigenvalue weighted by molar-refractivity contribution is 0.0905. The largest absolute Gasteiger partial charge is 0.472 e. The topological polar surface area (TPSA) is 61.3 Å². The molecule has 5 nitrogen and oxygen atoms in total. The number of nitrogens with zero attached hydrogens (tertiary/aromatic N) is 2. The predicted molar refractivity (Wildman–Crippen MR) is 69.7 cm³/mol. The van der Waals surface area contributed by atoms with Crippen molar-refractivity contribution in [2.45, 2.75) is 13.0 Å². The van der Waals surface area contributed by atoms with Crippen molar-refractivity contribution >= 4 is 50.3 Å². The minimum atomic E-state index is -0.950. The van der Waals surface area contributed by atoms with Crippen LogP contribution in [0.5, 0.6) is 5.88 Å². The van der Waals surface area contributed by atoms with E-state index in [0.29, 0.717) is 10.3 Å². The van der Waals surface area contributed by atoms with Crippen LogP contribution in [0.4, 0.5) is 9.18 Å². The van der Waals surface area contributed by atoms with Crippen molar-refractivity contribution in [2.24, 2.45) is 0 Å². The van der Waals surface area contributed by atoms with Crippen molar-refractivity contribution in [3.05, 3.63) is 16.4 Å². The van der Waals surface area contributed by atoms with Crippen LogP contribution >= 0.6 is 34.5 Å². The van der Waals surface area contributed by atoms with Gasteiger partial charge in [-0.25, -0.2) is 14.2 Å². The number of carbonyl (C=O) groups is 1. The highest BCUT2D eigenvalue weighted by Crippen LogP contribution is 2.27. The second-order valence-electron chi connectivity index (χ2n) is 3.54. The SMILES string of the molecule is C[C@H](COc1nc2sc(Cl)nc2cc1F)OC(=O)Cl. The lowest BCUT2D eigenvalue weighted by Crippen LogP contribution is -2.19. The zero-order valence-corrected chi connectivity index (χ0v) is 11.9. The maximum absolute atomic E-state index is 13.6. The summed E-state index contributed by atoms with van der Waals surface area (Å²) in [4.78, 5) is 18.8. The molecule has 0 unspecified atom stereocenters. The molecule has 2 heterocycles. The summed E-state index contributed by atoms with van der Waals surface area (Å²) in [6, 6.07) is 1.18. The van der Waals surface area contributed by atoms with Gasteiger partial charge in [0, 0.05) is 17.7 Å². The molecule has 19 heavy (non-hydrogen) atoms. The van der Waals surface area contributed by atoms with Gasteiger partial charge in [0.2, 0.25) is 0 Å². The normalized spacial score (nSPS) is 12.4. The molecule has 2 aromatic rings. The molecule has 0 aliphatic heterocycles. The third kappa shape index (κ3) is 3.65. The minimum absolute atomic E-state index is 0.0690. The molecule has 102 valence electrons. The fourth-order valence-corrected chi connectivity index (χ4v) is 2.39. The molecule has 1 atom stereocenters. The zero-order valence-electron chi connectivity index (χ0n) is 9.52. The van der Waals surface area contributed by atoms with Crippen LogP contribution in [-0.2, 0) is 4.74 Å². The Morgan fingerprint density at radius 2 is 2.32 bits per heavy atom. The first-order valence-electron chi connectivity index (χ1n) is 5.07. The Labute approximate surface area is 121 Å². The van der Waals surface area contributed by atoms with Crippen molar-refractivity contribution < 1.29 is 18.7 Å². The van der Waals surface area contributed by atoms with Gasteiger partial charge in [0.15, 0.2) is 10.3 Å². The van der Waals surface area contributed by atoms with Crippen molar-refractivity contribution in [2.75, 3.05) is 6.61 Å². The van der Waals surface area contributed by atoms with Crippen LogP contribution in [-0.4, -0.2) is 28.1 Å². The summed E-state index contributed by atoms with van der Waals surface area (Å²) >= 11 is 11.9. The molecule has 0 amide bonds. The highest BCUT2D eigenvalue weighted by molar-refractivity contribution is 7.21. The van der Waals surface area contributed by atoms with E-state index >= 15 is 0 Å². The highest BCUT2D eigenvalue weighted by Gasteiger charge is 2.14. The van der Waals surface area contributed by atoms with Crippen LogP contribution in [0, 0.1) is 5.82 Å². The number of hydrogen-bond acceptors (Lipinski definition) is 6. The van der Waals surface area contributed by atoms with E-state index in [0.717, 1.165) is 11.3 Å². The molecule has 2 rings (SSSR count). The Bertz CT molecular complexity index is 622. The molecule has 0 saturated heterocycles. The van der Waals surface area contributed by atoms with E-state index in [4.69, 9.17) is 27.9 Å². The third-order valence-electron chi connectivity index (χ3n) is 2.03. The van der Waals surface area contributed by atoms with E-state index in [-0.39, 0.29) is 17.0 Å². The summed E-state index contributed by atoms with van der Waals surface area (Å²) < 4.78 is 23.7. The number of fused-ring (bicyclic) bond motifs is 1. The number of ether oxygens (including phenoxy) is 2. The van der Waals surface area contributed by atoms with E-state index < -0.39 is 17.3 Å². The molecule has 0 aliphatic carbocycles. The van der Waals surface area contributed by atoms with Gasteiger partial charge in [-0.2, -0.15) is 4.98 Å². The van der Waals surface area contributed by atoms with Crippen molar-refractivity contribution in [3.63, 3.8) is 0 Å². The Kier molecular flexibility index (Phi) is 4.38.